The van der Waals surface area contributed by atoms with E-state index in [0.717, 1.165) is 5.69 Å². The van der Waals surface area contributed by atoms with Crippen LogP contribution in [0.5, 0.6) is 0 Å². The average molecular weight is 496 g/mol. The predicted molar refractivity (Wildman–Crippen MR) is 133 cm³/mol. The summed E-state index contributed by atoms with van der Waals surface area (Å²) < 4.78 is 0. The van der Waals surface area contributed by atoms with Gasteiger partial charge in [0.05, 0.1) is 11.1 Å². The molecule has 0 aliphatic carbocycles. The number of carboxylic acids is 1. The first-order chi connectivity index (χ1) is 17.3. The van der Waals surface area contributed by atoms with Gasteiger partial charge in [-0.3, -0.25) is 14.4 Å². The number of pyridine rings is 1. The van der Waals surface area contributed by atoms with Crippen LogP contribution in [0.2, 0.25) is 0 Å². The Morgan fingerprint density at radius 2 is 1.81 bits per heavy atom. The fourth-order valence-electron chi connectivity index (χ4n) is 4.16. The minimum atomic E-state index is -1.02. The van der Waals surface area contributed by atoms with Crippen LogP contribution in [0.3, 0.4) is 0 Å². The van der Waals surface area contributed by atoms with Crippen molar-refractivity contribution in [2.75, 3.05) is 50.1 Å². The van der Waals surface area contributed by atoms with Gasteiger partial charge < -0.3 is 29.9 Å². The Morgan fingerprint density at radius 3 is 2.36 bits per heavy atom. The average Bonchev–Trinajstić information content (AvgIpc) is 2.92. The van der Waals surface area contributed by atoms with Gasteiger partial charge in [-0.1, -0.05) is 0 Å². The van der Waals surface area contributed by atoms with Crippen LogP contribution >= 0.6 is 0 Å². The second-order valence-electron chi connectivity index (χ2n) is 8.36. The molecule has 0 spiro atoms. The topological polar surface area (TPSA) is 140 Å². The molecule has 2 heterocycles. The predicted octanol–water partition coefficient (Wildman–Crippen LogP) is 1.08. The maximum Gasteiger partial charge on any atom is 0.337 e. The summed E-state index contributed by atoms with van der Waals surface area (Å²) in [5, 5.41) is 11.5. The van der Waals surface area contributed by atoms with E-state index >= 15 is 0 Å². The quantitative estimate of drug-likeness (QED) is 0.463. The van der Waals surface area contributed by atoms with E-state index in [-0.39, 0.29) is 35.4 Å². The van der Waals surface area contributed by atoms with Crippen LogP contribution in [0.1, 0.15) is 43.9 Å². The molecule has 190 valence electrons. The number of piperazine rings is 1. The normalized spacial score (nSPS) is 14.1. The van der Waals surface area contributed by atoms with E-state index < -0.39 is 17.9 Å². The maximum atomic E-state index is 13.1. The van der Waals surface area contributed by atoms with Crippen LogP contribution in [0.4, 0.5) is 11.5 Å². The molecule has 0 saturated carbocycles. The fraction of sp³-hybridized carbons (Fsp3) is 0.360. The van der Waals surface area contributed by atoms with Crippen molar-refractivity contribution in [3.8, 4) is 0 Å². The molecule has 2 amide bonds. The van der Waals surface area contributed by atoms with Crippen molar-refractivity contribution in [3.63, 3.8) is 0 Å². The Morgan fingerprint density at radius 1 is 1.11 bits per heavy atom. The molecule has 11 nitrogen and oxygen atoms in total. The minimum absolute atomic E-state index is 0.125. The van der Waals surface area contributed by atoms with Crippen molar-refractivity contribution in [3.05, 3.63) is 53.2 Å². The van der Waals surface area contributed by atoms with Crippen LogP contribution in [0.15, 0.2) is 36.5 Å². The number of amides is 2. The first kappa shape index (κ1) is 26.3. The molecule has 3 rings (SSSR count). The highest BCUT2D eigenvalue weighted by Crippen LogP contribution is 2.23. The van der Waals surface area contributed by atoms with Gasteiger partial charge in [-0.15, -0.1) is 0 Å². The molecule has 1 fully saturated rings. The van der Waals surface area contributed by atoms with Gasteiger partial charge in [0.2, 0.25) is 5.91 Å². The monoisotopic (exact) mass is 495 g/mol. The Kier molecular flexibility index (Phi) is 8.71. The summed E-state index contributed by atoms with van der Waals surface area (Å²) in [6, 6.07) is 7.37. The summed E-state index contributed by atoms with van der Waals surface area (Å²) in [4.78, 5) is 68.7. The molecule has 1 saturated heterocycles. The van der Waals surface area contributed by atoms with E-state index in [9.17, 15) is 24.0 Å². The van der Waals surface area contributed by atoms with Gasteiger partial charge in [-0.25, -0.2) is 9.78 Å². The third-order valence-electron chi connectivity index (χ3n) is 6.25. The highest BCUT2D eigenvalue weighted by molar-refractivity contribution is 6.03. The van der Waals surface area contributed by atoms with Crippen molar-refractivity contribution in [2.45, 2.75) is 18.9 Å². The molecule has 36 heavy (non-hydrogen) atoms. The van der Waals surface area contributed by atoms with Crippen molar-refractivity contribution in [1.82, 2.24) is 15.2 Å². The lowest BCUT2D eigenvalue weighted by Crippen LogP contribution is -2.47. The van der Waals surface area contributed by atoms with Crippen LogP contribution in [0, 0.1) is 0 Å². The van der Waals surface area contributed by atoms with E-state index in [1.165, 1.54) is 31.3 Å². The van der Waals surface area contributed by atoms with Crippen LogP contribution in [0.25, 0.3) is 0 Å². The van der Waals surface area contributed by atoms with E-state index in [1.54, 1.807) is 24.3 Å². The first-order valence-electron chi connectivity index (χ1n) is 11.5. The summed E-state index contributed by atoms with van der Waals surface area (Å²) >= 11 is 0. The molecule has 1 aliphatic rings. The summed E-state index contributed by atoms with van der Waals surface area (Å²) in [5.41, 5.74) is 1.31. The number of aromatic carboxylic acids is 1. The number of carboxylic acid groups (broad SMARTS) is 1. The van der Waals surface area contributed by atoms with Gasteiger partial charge >= 0.3 is 5.97 Å². The molecule has 2 aromatic rings. The summed E-state index contributed by atoms with van der Waals surface area (Å²) in [7, 11) is 2.94. The SMILES string of the molecule is CNC(=O)C(CCC=O)N(C)C(=O)c1ccc(N2CCN(c3ccc(C(=O)O)cn3)CC2)cc1C=O. The molecule has 1 aromatic heterocycles. The molecule has 1 aromatic carbocycles. The molecule has 0 radical (unpaired) electrons. The van der Waals surface area contributed by atoms with Crippen molar-refractivity contribution in [2.24, 2.45) is 0 Å². The molecule has 1 unspecified atom stereocenters. The Hall–Kier alpha value is -4.28. The Balaban J connectivity index is 1.71. The number of anilines is 2. The smallest absolute Gasteiger partial charge is 0.337 e. The number of carbonyl (C=O) groups is 5. The van der Waals surface area contributed by atoms with Crippen LogP contribution in [-0.2, 0) is 9.59 Å². The number of benzene rings is 1. The Bertz CT molecular complexity index is 1130. The highest BCUT2D eigenvalue weighted by atomic mass is 16.4. The number of hydrogen-bond donors (Lipinski definition) is 2. The number of rotatable bonds is 10. The summed E-state index contributed by atoms with van der Waals surface area (Å²) in [6.45, 7) is 2.56. The van der Waals surface area contributed by atoms with E-state index in [1.807, 2.05) is 4.90 Å². The van der Waals surface area contributed by atoms with Gasteiger partial charge in [-0.2, -0.15) is 0 Å². The molecule has 1 atom stereocenters. The number of nitrogens with zero attached hydrogens (tertiary/aromatic N) is 4. The van der Waals surface area contributed by atoms with Crippen LogP contribution < -0.4 is 15.1 Å². The first-order valence-corrected chi connectivity index (χ1v) is 11.5. The second kappa shape index (κ2) is 11.9. The minimum Gasteiger partial charge on any atom is -0.478 e. The van der Waals surface area contributed by atoms with E-state index in [2.05, 4.69) is 15.2 Å². The zero-order valence-corrected chi connectivity index (χ0v) is 20.2. The third kappa shape index (κ3) is 5.85. The summed E-state index contributed by atoms with van der Waals surface area (Å²) in [5.74, 6) is -1.20. The molecule has 11 heteroatoms. The largest absolute Gasteiger partial charge is 0.478 e. The number of aromatic nitrogens is 1. The van der Waals surface area contributed by atoms with Gasteiger partial charge in [0.1, 0.15) is 18.1 Å². The number of aldehydes is 2. The lowest BCUT2D eigenvalue weighted by atomic mass is 10.0. The number of hydrogen-bond acceptors (Lipinski definition) is 8. The van der Waals surface area contributed by atoms with Gasteiger partial charge in [0.25, 0.3) is 5.91 Å². The van der Waals surface area contributed by atoms with Crippen molar-refractivity contribution in [1.29, 1.82) is 0 Å². The van der Waals surface area contributed by atoms with Gasteiger partial charge in [0, 0.05) is 64.1 Å². The lowest BCUT2D eigenvalue weighted by molar-refractivity contribution is -0.125. The van der Waals surface area contributed by atoms with Crippen molar-refractivity contribution < 1.29 is 29.1 Å². The molecular weight excluding hydrogens is 466 g/mol. The number of carbonyl (C=O) groups excluding carboxylic acids is 4. The zero-order chi connectivity index (χ0) is 26.2. The molecule has 2 N–H and O–H groups in total. The standard InChI is InChI=1S/C25H29N5O6/c1-26-23(33)21(4-3-13-31)28(2)24(34)20-7-6-19(14-18(20)16-32)29-9-11-30(12-10-29)22-8-5-17(15-27-22)25(35)36/h5-8,13-16,21H,3-4,9-12H2,1-2H3,(H,26,33)(H,35,36). The second-order valence-corrected chi connectivity index (χ2v) is 8.36. The van der Waals surface area contributed by atoms with Crippen LogP contribution in [-0.4, -0.2) is 91.7 Å². The Labute approximate surface area is 208 Å². The third-order valence-corrected chi connectivity index (χ3v) is 6.25. The summed E-state index contributed by atoms with van der Waals surface area (Å²) in [6.07, 6.45) is 2.95. The molecular formula is C25H29N5O6. The number of likely N-dealkylation sites (N-methyl/N-ethyl adjacent to an activating group) is 2. The van der Waals surface area contributed by atoms with Gasteiger partial charge in [0.15, 0.2) is 6.29 Å². The molecule has 0 bridgehead atoms. The van der Waals surface area contributed by atoms with E-state index in [4.69, 9.17) is 5.11 Å². The van der Waals surface area contributed by atoms with Gasteiger partial charge in [-0.05, 0) is 36.8 Å². The molecule has 1 aliphatic heterocycles. The number of nitrogens with one attached hydrogen (secondary N) is 1. The maximum absolute atomic E-state index is 13.1. The zero-order valence-electron chi connectivity index (χ0n) is 20.2. The fourth-order valence-corrected chi connectivity index (χ4v) is 4.16. The van der Waals surface area contributed by atoms with E-state index in [0.29, 0.717) is 44.6 Å². The van der Waals surface area contributed by atoms with Crippen molar-refractivity contribution >= 4 is 41.9 Å². The highest BCUT2D eigenvalue weighted by Gasteiger charge is 2.28. The lowest BCUT2D eigenvalue weighted by Gasteiger charge is -2.37.